The monoisotopic (exact) mass is 138 g/mol. The Balaban J connectivity index is 2.18. The molecule has 0 aromatic heterocycles. The lowest BCUT2D eigenvalue weighted by Gasteiger charge is -2.43. The van der Waals surface area contributed by atoms with Crippen LogP contribution >= 0.6 is 0 Å². The molecule has 0 spiro atoms. The van der Waals surface area contributed by atoms with Crippen LogP contribution in [0, 0.1) is 0 Å². The van der Waals surface area contributed by atoms with E-state index in [0.717, 1.165) is 6.42 Å². The van der Waals surface area contributed by atoms with E-state index >= 15 is 0 Å². The average Bonchev–Trinajstić information content (AvgIpc) is 1.91. The number of β-lactam (4-membered cyclic amide) rings is 1. The molecule has 2 aliphatic rings. The molecule has 1 amide bonds. The van der Waals surface area contributed by atoms with Gasteiger partial charge in [0.1, 0.15) is 0 Å². The first kappa shape index (κ1) is 5.92. The summed E-state index contributed by atoms with van der Waals surface area (Å²) in [5, 5.41) is 0. The van der Waals surface area contributed by atoms with Crippen molar-refractivity contribution in [1.29, 1.82) is 0 Å². The van der Waals surface area contributed by atoms with Gasteiger partial charge in [0.2, 0.25) is 5.91 Å². The van der Waals surface area contributed by atoms with Crippen LogP contribution in [-0.2, 0) is 4.79 Å². The fraction of sp³-hybridized carbons (Fsp3) is 0.571. The summed E-state index contributed by atoms with van der Waals surface area (Å²) in [6, 6.07) is 0.472. The topological polar surface area (TPSA) is 46.3 Å². The molecule has 0 aliphatic carbocycles. The van der Waals surface area contributed by atoms with E-state index in [-0.39, 0.29) is 11.9 Å². The average molecular weight is 138 g/mol. The minimum atomic E-state index is 0.169. The van der Waals surface area contributed by atoms with Crippen molar-refractivity contribution >= 4 is 5.91 Å². The minimum Gasteiger partial charge on any atom is -0.326 e. The molecule has 1 saturated heterocycles. The summed E-state index contributed by atoms with van der Waals surface area (Å²) in [5.41, 5.74) is 5.74. The first-order valence-electron chi connectivity index (χ1n) is 3.52. The molecule has 1 unspecified atom stereocenters. The molecule has 3 heteroatoms. The van der Waals surface area contributed by atoms with Gasteiger partial charge in [-0.25, -0.2) is 0 Å². The zero-order valence-corrected chi connectivity index (χ0v) is 5.66. The highest BCUT2D eigenvalue weighted by atomic mass is 16.2. The molecule has 1 fully saturated rings. The van der Waals surface area contributed by atoms with Crippen molar-refractivity contribution in [3.05, 3.63) is 12.3 Å². The van der Waals surface area contributed by atoms with Gasteiger partial charge in [0, 0.05) is 18.7 Å². The Morgan fingerprint density at radius 1 is 1.70 bits per heavy atom. The number of nitrogens with two attached hydrogens (primary N) is 1. The molecule has 2 aliphatic heterocycles. The van der Waals surface area contributed by atoms with Crippen LogP contribution in [-0.4, -0.2) is 22.9 Å². The number of carbonyl (C=O) groups excluding carboxylic acids is 1. The summed E-state index contributed by atoms with van der Waals surface area (Å²) in [6.45, 7) is 0. The van der Waals surface area contributed by atoms with Gasteiger partial charge < -0.3 is 10.6 Å². The van der Waals surface area contributed by atoms with Crippen LogP contribution in [0.2, 0.25) is 0 Å². The standard InChI is InChI=1S/C7H10N2O/c8-5-2-1-3-9-6(5)4-7(9)10/h1,3,5-6H,2,4,8H2/t5?,6-/m0/s1. The lowest BCUT2D eigenvalue weighted by molar-refractivity contribution is -0.142. The SMILES string of the molecule is NC1CC=CN2C(=O)C[C@@H]12. The minimum absolute atomic E-state index is 0.169. The lowest BCUT2D eigenvalue weighted by Crippen LogP contribution is -2.59. The maximum atomic E-state index is 10.8. The molecule has 0 aromatic rings. The largest absolute Gasteiger partial charge is 0.326 e. The van der Waals surface area contributed by atoms with E-state index in [4.69, 9.17) is 5.73 Å². The third kappa shape index (κ3) is 0.609. The predicted molar refractivity (Wildman–Crippen MR) is 37.0 cm³/mol. The molecule has 2 heterocycles. The second kappa shape index (κ2) is 1.83. The first-order chi connectivity index (χ1) is 4.79. The van der Waals surface area contributed by atoms with Crippen LogP contribution in [0.4, 0.5) is 0 Å². The third-order valence-electron chi connectivity index (χ3n) is 2.20. The van der Waals surface area contributed by atoms with Gasteiger partial charge in [0.05, 0.1) is 6.04 Å². The summed E-state index contributed by atoms with van der Waals surface area (Å²) in [4.78, 5) is 12.6. The molecule has 54 valence electrons. The number of fused-ring (bicyclic) bond motifs is 1. The van der Waals surface area contributed by atoms with Gasteiger partial charge in [0.25, 0.3) is 0 Å². The molecule has 0 aromatic carbocycles. The maximum Gasteiger partial charge on any atom is 0.228 e. The molecule has 2 N–H and O–H groups in total. The van der Waals surface area contributed by atoms with Crippen molar-refractivity contribution in [1.82, 2.24) is 4.90 Å². The molecule has 10 heavy (non-hydrogen) atoms. The molecule has 0 radical (unpaired) electrons. The van der Waals surface area contributed by atoms with Crippen molar-refractivity contribution in [2.75, 3.05) is 0 Å². The van der Waals surface area contributed by atoms with Crippen molar-refractivity contribution in [3.8, 4) is 0 Å². The Morgan fingerprint density at radius 2 is 2.50 bits per heavy atom. The van der Waals surface area contributed by atoms with Crippen LogP contribution in [0.1, 0.15) is 12.8 Å². The molecular formula is C7H10N2O. The number of rotatable bonds is 0. The highest BCUT2D eigenvalue weighted by molar-refractivity contribution is 5.84. The van der Waals surface area contributed by atoms with Gasteiger partial charge in [-0.05, 0) is 6.42 Å². The smallest absolute Gasteiger partial charge is 0.228 e. The predicted octanol–water partition coefficient (Wildman–Crippen LogP) is -0.168. The van der Waals surface area contributed by atoms with E-state index in [1.165, 1.54) is 0 Å². The van der Waals surface area contributed by atoms with Gasteiger partial charge in [-0.15, -0.1) is 0 Å². The second-order valence-electron chi connectivity index (χ2n) is 2.86. The summed E-state index contributed by atoms with van der Waals surface area (Å²) >= 11 is 0. The van der Waals surface area contributed by atoms with Crippen LogP contribution in [0.3, 0.4) is 0 Å². The van der Waals surface area contributed by atoms with Gasteiger partial charge in [0.15, 0.2) is 0 Å². The summed E-state index contributed by atoms with van der Waals surface area (Å²) in [5.74, 6) is 0.205. The highest BCUT2D eigenvalue weighted by Crippen LogP contribution is 2.26. The maximum absolute atomic E-state index is 10.8. The molecular weight excluding hydrogens is 128 g/mol. The van der Waals surface area contributed by atoms with E-state index in [1.807, 2.05) is 12.3 Å². The highest BCUT2D eigenvalue weighted by Gasteiger charge is 2.39. The number of hydrogen-bond donors (Lipinski definition) is 1. The van der Waals surface area contributed by atoms with E-state index < -0.39 is 0 Å². The van der Waals surface area contributed by atoms with Gasteiger partial charge >= 0.3 is 0 Å². The Kier molecular flexibility index (Phi) is 1.08. The summed E-state index contributed by atoms with van der Waals surface area (Å²) in [6.07, 6.45) is 5.36. The fourth-order valence-corrected chi connectivity index (χ4v) is 1.50. The van der Waals surface area contributed by atoms with Crippen molar-refractivity contribution in [2.24, 2.45) is 5.73 Å². The van der Waals surface area contributed by atoms with E-state index in [2.05, 4.69) is 0 Å². The van der Waals surface area contributed by atoms with E-state index in [0.29, 0.717) is 12.5 Å². The molecule has 0 bridgehead atoms. The fourth-order valence-electron chi connectivity index (χ4n) is 1.50. The molecule has 2 atom stereocenters. The molecule has 0 saturated carbocycles. The number of nitrogens with zero attached hydrogens (tertiary/aromatic N) is 1. The number of hydrogen-bond acceptors (Lipinski definition) is 2. The van der Waals surface area contributed by atoms with E-state index in [9.17, 15) is 4.79 Å². The van der Waals surface area contributed by atoms with E-state index in [1.54, 1.807) is 4.90 Å². The van der Waals surface area contributed by atoms with Gasteiger partial charge in [-0.3, -0.25) is 4.79 Å². The first-order valence-corrected chi connectivity index (χ1v) is 3.52. The van der Waals surface area contributed by atoms with Crippen LogP contribution in [0.15, 0.2) is 12.3 Å². The quantitative estimate of drug-likeness (QED) is 0.472. The van der Waals surface area contributed by atoms with Crippen molar-refractivity contribution < 1.29 is 4.79 Å². The Bertz CT molecular complexity index is 200. The summed E-state index contributed by atoms with van der Waals surface area (Å²) < 4.78 is 0. The zero-order chi connectivity index (χ0) is 7.14. The zero-order valence-electron chi connectivity index (χ0n) is 5.66. The normalized spacial score (nSPS) is 37.3. The number of carbonyl (C=O) groups is 1. The third-order valence-corrected chi connectivity index (χ3v) is 2.20. The van der Waals surface area contributed by atoms with Crippen molar-refractivity contribution in [3.63, 3.8) is 0 Å². The van der Waals surface area contributed by atoms with Crippen LogP contribution in [0.5, 0.6) is 0 Å². The van der Waals surface area contributed by atoms with Gasteiger partial charge in [-0.2, -0.15) is 0 Å². The Labute approximate surface area is 59.5 Å². The van der Waals surface area contributed by atoms with Gasteiger partial charge in [-0.1, -0.05) is 6.08 Å². The Morgan fingerprint density at radius 3 is 3.10 bits per heavy atom. The number of amides is 1. The molecule has 3 nitrogen and oxygen atoms in total. The van der Waals surface area contributed by atoms with Crippen LogP contribution in [0.25, 0.3) is 0 Å². The lowest BCUT2D eigenvalue weighted by atomic mass is 9.90. The Hall–Kier alpha value is -0.830. The second-order valence-corrected chi connectivity index (χ2v) is 2.86. The van der Waals surface area contributed by atoms with Crippen LogP contribution < -0.4 is 5.73 Å². The van der Waals surface area contributed by atoms with Crippen molar-refractivity contribution in [2.45, 2.75) is 24.9 Å². The molecule has 2 rings (SSSR count). The summed E-state index contributed by atoms with van der Waals surface area (Å²) in [7, 11) is 0.